The molecular weight excluding hydrogens is 465 g/mol. The van der Waals surface area contributed by atoms with Gasteiger partial charge in [0.1, 0.15) is 18.7 Å². The Morgan fingerprint density at radius 1 is 1.25 bits per heavy atom. The van der Waals surface area contributed by atoms with Crippen molar-refractivity contribution >= 4 is 29.9 Å². The summed E-state index contributed by atoms with van der Waals surface area (Å²) in [6.07, 6.45) is 3.80. The SMILES string of the molecule is CCNC(=NCc1ncnn1C)NC1CCN(C(C)c2ccccc2)CC1.I. The Morgan fingerprint density at radius 2 is 1.96 bits per heavy atom. The molecular formula is C20H32IN7. The first-order chi connectivity index (χ1) is 13.2. The molecule has 0 radical (unpaired) electrons. The highest BCUT2D eigenvalue weighted by Gasteiger charge is 2.24. The summed E-state index contributed by atoms with van der Waals surface area (Å²) >= 11 is 0. The van der Waals surface area contributed by atoms with E-state index in [-0.39, 0.29) is 24.0 Å². The maximum absolute atomic E-state index is 4.67. The zero-order valence-electron chi connectivity index (χ0n) is 17.0. The molecule has 1 unspecified atom stereocenters. The fourth-order valence-corrected chi connectivity index (χ4v) is 3.50. The summed E-state index contributed by atoms with van der Waals surface area (Å²) in [6.45, 7) is 7.94. The van der Waals surface area contributed by atoms with E-state index < -0.39 is 0 Å². The molecule has 2 heterocycles. The number of hydrogen-bond donors (Lipinski definition) is 2. The zero-order chi connectivity index (χ0) is 19.1. The molecule has 1 aliphatic rings. The number of guanidine groups is 1. The minimum atomic E-state index is 0. The van der Waals surface area contributed by atoms with Gasteiger partial charge in [-0.3, -0.25) is 9.58 Å². The summed E-state index contributed by atoms with van der Waals surface area (Å²) < 4.78 is 1.76. The average Bonchev–Trinajstić information content (AvgIpc) is 3.12. The molecule has 0 amide bonds. The van der Waals surface area contributed by atoms with Gasteiger partial charge in [-0.2, -0.15) is 5.10 Å². The van der Waals surface area contributed by atoms with Crippen LogP contribution in [0.25, 0.3) is 0 Å². The van der Waals surface area contributed by atoms with Crippen LogP contribution in [0.15, 0.2) is 41.7 Å². The van der Waals surface area contributed by atoms with Crippen LogP contribution in [0.3, 0.4) is 0 Å². The van der Waals surface area contributed by atoms with E-state index in [1.807, 2.05) is 7.05 Å². The van der Waals surface area contributed by atoms with Crippen LogP contribution in [0.5, 0.6) is 0 Å². The Kier molecular flexibility index (Phi) is 9.17. The van der Waals surface area contributed by atoms with Crippen molar-refractivity contribution in [3.05, 3.63) is 48.0 Å². The van der Waals surface area contributed by atoms with Crippen molar-refractivity contribution in [3.8, 4) is 0 Å². The van der Waals surface area contributed by atoms with Crippen molar-refractivity contribution in [2.75, 3.05) is 19.6 Å². The molecule has 154 valence electrons. The molecule has 2 aromatic rings. The van der Waals surface area contributed by atoms with Crippen LogP contribution < -0.4 is 10.6 Å². The molecule has 1 atom stereocenters. The van der Waals surface area contributed by atoms with Gasteiger partial charge in [-0.25, -0.2) is 9.98 Å². The molecule has 28 heavy (non-hydrogen) atoms. The highest BCUT2D eigenvalue weighted by Crippen LogP contribution is 2.23. The van der Waals surface area contributed by atoms with Crippen LogP contribution >= 0.6 is 24.0 Å². The highest BCUT2D eigenvalue weighted by atomic mass is 127. The number of piperidine rings is 1. The number of rotatable bonds is 6. The van der Waals surface area contributed by atoms with Crippen LogP contribution in [0.1, 0.15) is 44.1 Å². The number of hydrogen-bond acceptors (Lipinski definition) is 4. The lowest BCUT2D eigenvalue weighted by atomic mass is 10.0. The molecule has 1 fully saturated rings. The van der Waals surface area contributed by atoms with E-state index in [0.717, 1.165) is 44.3 Å². The molecule has 0 saturated carbocycles. The van der Waals surface area contributed by atoms with Crippen LogP contribution in [0.2, 0.25) is 0 Å². The van der Waals surface area contributed by atoms with Crippen molar-refractivity contribution in [3.63, 3.8) is 0 Å². The maximum Gasteiger partial charge on any atom is 0.191 e. The zero-order valence-corrected chi connectivity index (χ0v) is 19.3. The fourth-order valence-electron chi connectivity index (χ4n) is 3.50. The third kappa shape index (κ3) is 6.16. The van der Waals surface area contributed by atoms with Crippen molar-refractivity contribution in [2.24, 2.45) is 12.0 Å². The smallest absolute Gasteiger partial charge is 0.191 e. The van der Waals surface area contributed by atoms with E-state index in [2.05, 4.69) is 74.8 Å². The minimum Gasteiger partial charge on any atom is -0.357 e. The lowest BCUT2D eigenvalue weighted by molar-refractivity contribution is 0.158. The second-order valence-corrected chi connectivity index (χ2v) is 7.04. The Hall–Kier alpha value is -1.68. The number of aromatic nitrogens is 3. The summed E-state index contributed by atoms with van der Waals surface area (Å²) in [4.78, 5) is 11.5. The topological polar surface area (TPSA) is 70.4 Å². The third-order valence-electron chi connectivity index (χ3n) is 5.23. The molecule has 0 aliphatic carbocycles. The standard InChI is InChI=1S/C20H31N7.HI/c1-4-21-20(22-14-19-23-15-24-26(19)3)25-18-10-12-27(13-11-18)16(2)17-8-6-5-7-9-17;/h5-9,15-16,18H,4,10-14H2,1-3H3,(H2,21,22,25);1H. The minimum absolute atomic E-state index is 0. The van der Waals surface area contributed by atoms with Gasteiger partial charge in [0.15, 0.2) is 5.96 Å². The number of likely N-dealkylation sites (tertiary alicyclic amines) is 1. The molecule has 8 heteroatoms. The van der Waals surface area contributed by atoms with Crippen molar-refractivity contribution in [1.82, 2.24) is 30.3 Å². The first-order valence-corrected chi connectivity index (χ1v) is 9.84. The fraction of sp³-hybridized carbons (Fsp3) is 0.550. The number of benzene rings is 1. The molecule has 1 aliphatic heterocycles. The van der Waals surface area contributed by atoms with E-state index in [4.69, 9.17) is 0 Å². The summed E-state index contributed by atoms with van der Waals surface area (Å²) in [6, 6.07) is 11.7. The van der Waals surface area contributed by atoms with E-state index in [0.29, 0.717) is 18.6 Å². The Labute approximate surface area is 185 Å². The lowest BCUT2D eigenvalue weighted by Crippen LogP contribution is -2.49. The molecule has 2 N–H and O–H groups in total. The van der Waals surface area contributed by atoms with E-state index in [9.17, 15) is 0 Å². The van der Waals surface area contributed by atoms with Gasteiger partial charge in [-0.05, 0) is 32.3 Å². The van der Waals surface area contributed by atoms with Crippen molar-refractivity contribution in [1.29, 1.82) is 0 Å². The predicted molar refractivity (Wildman–Crippen MR) is 124 cm³/mol. The second-order valence-electron chi connectivity index (χ2n) is 7.04. The van der Waals surface area contributed by atoms with E-state index in [1.54, 1.807) is 11.0 Å². The summed E-state index contributed by atoms with van der Waals surface area (Å²) in [7, 11) is 1.89. The Morgan fingerprint density at radius 3 is 2.57 bits per heavy atom. The van der Waals surface area contributed by atoms with Gasteiger partial charge in [0.25, 0.3) is 0 Å². The quantitative estimate of drug-likeness (QED) is 0.365. The number of nitrogens with zero attached hydrogens (tertiary/aromatic N) is 5. The van der Waals surface area contributed by atoms with Crippen molar-refractivity contribution < 1.29 is 0 Å². The lowest BCUT2D eigenvalue weighted by Gasteiger charge is -2.37. The Bertz CT molecular complexity index is 723. The molecule has 1 saturated heterocycles. The highest BCUT2D eigenvalue weighted by molar-refractivity contribution is 14.0. The van der Waals surface area contributed by atoms with Crippen molar-refractivity contribution in [2.45, 2.75) is 45.3 Å². The first-order valence-electron chi connectivity index (χ1n) is 9.84. The number of halogens is 1. The van der Waals surface area contributed by atoms with Crippen LogP contribution in [-0.4, -0.2) is 51.3 Å². The predicted octanol–water partition coefficient (Wildman–Crippen LogP) is 2.71. The normalized spacial score (nSPS) is 17.0. The van der Waals surface area contributed by atoms with Gasteiger partial charge < -0.3 is 10.6 Å². The summed E-state index contributed by atoms with van der Waals surface area (Å²) in [5, 5.41) is 11.0. The first kappa shape index (κ1) is 22.6. The van der Waals surface area contributed by atoms with Crippen LogP contribution in [-0.2, 0) is 13.6 Å². The third-order valence-corrected chi connectivity index (χ3v) is 5.23. The monoisotopic (exact) mass is 497 g/mol. The summed E-state index contributed by atoms with van der Waals surface area (Å²) in [5.74, 6) is 1.72. The van der Waals surface area contributed by atoms with Gasteiger partial charge in [0.2, 0.25) is 0 Å². The van der Waals surface area contributed by atoms with Gasteiger partial charge >= 0.3 is 0 Å². The maximum atomic E-state index is 4.67. The van der Waals surface area contributed by atoms with Gasteiger partial charge in [0, 0.05) is 38.8 Å². The molecule has 1 aromatic carbocycles. The van der Waals surface area contributed by atoms with E-state index >= 15 is 0 Å². The second kappa shape index (κ2) is 11.4. The van der Waals surface area contributed by atoms with Gasteiger partial charge in [-0.15, -0.1) is 24.0 Å². The van der Waals surface area contributed by atoms with Crippen LogP contribution in [0, 0.1) is 0 Å². The molecule has 7 nitrogen and oxygen atoms in total. The van der Waals surface area contributed by atoms with E-state index in [1.165, 1.54) is 5.56 Å². The average molecular weight is 497 g/mol. The molecule has 0 bridgehead atoms. The number of nitrogens with one attached hydrogen (secondary N) is 2. The van der Waals surface area contributed by atoms with Crippen LogP contribution in [0.4, 0.5) is 0 Å². The summed E-state index contributed by atoms with van der Waals surface area (Å²) in [5.41, 5.74) is 1.39. The van der Waals surface area contributed by atoms with Gasteiger partial charge in [0.05, 0.1) is 0 Å². The molecule has 1 aromatic heterocycles. The largest absolute Gasteiger partial charge is 0.357 e. The molecule has 0 spiro atoms. The molecule has 3 rings (SSSR count). The number of aryl methyl sites for hydroxylation is 1. The van der Waals surface area contributed by atoms with Gasteiger partial charge in [-0.1, -0.05) is 30.3 Å². The Balaban J connectivity index is 0.00000280. The number of aliphatic imine (C=N–C) groups is 1.